The third kappa shape index (κ3) is 5.29. The SMILES string of the molecule is COc1ccccc1CNS(=O)(=O)c1ccc(F)c(C(=O)Nc2c(F)cc(F)cc2Br)c1. The van der Waals surface area contributed by atoms with Crippen LogP contribution in [0.5, 0.6) is 5.75 Å². The van der Waals surface area contributed by atoms with Crippen LogP contribution in [0.1, 0.15) is 15.9 Å². The molecule has 0 aliphatic rings. The second-order valence-electron chi connectivity index (χ2n) is 6.48. The first-order valence-corrected chi connectivity index (χ1v) is 11.3. The fourth-order valence-electron chi connectivity index (χ4n) is 2.79. The predicted molar refractivity (Wildman–Crippen MR) is 115 cm³/mol. The second kappa shape index (κ2) is 9.72. The third-order valence-corrected chi connectivity index (χ3v) is 6.41. The molecule has 0 aliphatic heterocycles. The lowest BCUT2D eigenvalue weighted by molar-refractivity contribution is 0.102. The largest absolute Gasteiger partial charge is 0.496 e. The number of methoxy groups -OCH3 is 1. The van der Waals surface area contributed by atoms with Crippen LogP contribution in [0.2, 0.25) is 0 Å². The van der Waals surface area contributed by atoms with E-state index in [4.69, 9.17) is 4.74 Å². The molecule has 0 spiro atoms. The lowest BCUT2D eigenvalue weighted by Crippen LogP contribution is -2.24. The van der Waals surface area contributed by atoms with Crippen molar-refractivity contribution in [2.75, 3.05) is 12.4 Å². The van der Waals surface area contributed by atoms with E-state index < -0.39 is 44.6 Å². The molecule has 0 heterocycles. The Labute approximate surface area is 190 Å². The minimum absolute atomic E-state index is 0.106. The highest BCUT2D eigenvalue weighted by atomic mass is 79.9. The highest BCUT2D eigenvalue weighted by Gasteiger charge is 2.21. The highest BCUT2D eigenvalue weighted by molar-refractivity contribution is 9.10. The quantitative estimate of drug-likeness (QED) is 0.469. The van der Waals surface area contributed by atoms with E-state index >= 15 is 0 Å². The van der Waals surface area contributed by atoms with Gasteiger partial charge in [-0.3, -0.25) is 4.79 Å². The lowest BCUT2D eigenvalue weighted by atomic mass is 10.2. The molecule has 0 aromatic heterocycles. The van der Waals surface area contributed by atoms with Crippen molar-refractivity contribution in [2.24, 2.45) is 0 Å². The van der Waals surface area contributed by atoms with Gasteiger partial charge in [-0.1, -0.05) is 18.2 Å². The topological polar surface area (TPSA) is 84.5 Å². The van der Waals surface area contributed by atoms with Crippen LogP contribution in [-0.2, 0) is 16.6 Å². The van der Waals surface area contributed by atoms with Gasteiger partial charge in [-0.05, 0) is 46.3 Å². The maximum Gasteiger partial charge on any atom is 0.258 e. The number of ether oxygens (including phenoxy) is 1. The minimum Gasteiger partial charge on any atom is -0.496 e. The maximum absolute atomic E-state index is 14.3. The number of nitrogens with one attached hydrogen (secondary N) is 2. The summed E-state index contributed by atoms with van der Waals surface area (Å²) in [5, 5.41) is 2.12. The van der Waals surface area contributed by atoms with E-state index in [-0.39, 0.29) is 15.9 Å². The van der Waals surface area contributed by atoms with Crippen molar-refractivity contribution in [3.8, 4) is 5.75 Å². The Morgan fingerprint density at radius 3 is 2.44 bits per heavy atom. The Bertz CT molecular complexity index is 1260. The zero-order valence-corrected chi connectivity index (χ0v) is 18.9. The molecule has 0 radical (unpaired) electrons. The summed E-state index contributed by atoms with van der Waals surface area (Å²) in [6.45, 7) is -0.112. The molecule has 168 valence electrons. The smallest absolute Gasteiger partial charge is 0.258 e. The number of para-hydroxylation sites is 1. The van der Waals surface area contributed by atoms with Crippen molar-refractivity contribution in [1.82, 2.24) is 4.72 Å². The number of rotatable bonds is 7. The molecule has 11 heteroatoms. The van der Waals surface area contributed by atoms with Crippen LogP contribution >= 0.6 is 15.9 Å². The van der Waals surface area contributed by atoms with Crippen molar-refractivity contribution >= 4 is 37.5 Å². The van der Waals surface area contributed by atoms with Gasteiger partial charge in [-0.15, -0.1) is 0 Å². The molecule has 6 nitrogen and oxygen atoms in total. The summed E-state index contributed by atoms with van der Waals surface area (Å²) >= 11 is 2.91. The zero-order valence-electron chi connectivity index (χ0n) is 16.5. The number of hydrogen-bond acceptors (Lipinski definition) is 4. The first-order chi connectivity index (χ1) is 15.1. The number of sulfonamides is 1. The van der Waals surface area contributed by atoms with Crippen LogP contribution in [0.15, 0.2) is 64.0 Å². The summed E-state index contributed by atoms with van der Waals surface area (Å²) in [4.78, 5) is 12.1. The van der Waals surface area contributed by atoms with Gasteiger partial charge >= 0.3 is 0 Å². The normalized spacial score (nSPS) is 11.3. The van der Waals surface area contributed by atoms with Gasteiger partial charge in [0.25, 0.3) is 5.91 Å². The molecule has 32 heavy (non-hydrogen) atoms. The molecule has 2 N–H and O–H groups in total. The molecular weight excluding hydrogens is 513 g/mol. The number of carbonyl (C=O) groups is 1. The molecule has 3 aromatic carbocycles. The minimum atomic E-state index is -4.14. The molecule has 0 saturated heterocycles. The monoisotopic (exact) mass is 528 g/mol. The Balaban J connectivity index is 1.85. The van der Waals surface area contributed by atoms with E-state index in [1.54, 1.807) is 24.3 Å². The summed E-state index contributed by atoms with van der Waals surface area (Å²) < 4.78 is 74.3. The van der Waals surface area contributed by atoms with Crippen molar-refractivity contribution in [3.05, 3.63) is 87.6 Å². The molecule has 0 saturated carbocycles. The fourth-order valence-corrected chi connectivity index (χ4v) is 4.33. The highest BCUT2D eigenvalue weighted by Crippen LogP contribution is 2.28. The average Bonchev–Trinajstić information content (AvgIpc) is 2.75. The van der Waals surface area contributed by atoms with Crippen molar-refractivity contribution in [2.45, 2.75) is 11.4 Å². The van der Waals surface area contributed by atoms with Gasteiger partial charge in [0.1, 0.15) is 17.4 Å². The van der Waals surface area contributed by atoms with E-state index in [9.17, 15) is 26.4 Å². The molecule has 0 atom stereocenters. The molecular formula is C21H16BrF3N2O4S. The predicted octanol–water partition coefficient (Wildman–Crippen LogP) is 4.61. The molecule has 0 unspecified atom stereocenters. The Kier molecular flexibility index (Phi) is 7.22. The molecule has 0 bridgehead atoms. The maximum atomic E-state index is 14.3. The number of carbonyl (C=O) groups excluding carboxylic acids is 1. The van der Waals surface area contributed by atoms with Crippen LogP contribution in [0, 0.1) is 17.5 Å². The van der Waals surface area contributed by atoms with Crippen LogP contribution < -0.4 is 14.8 Å². The Morgan fingerprint density at radius 1 is 1.03 bits per heavy atom. The zero-order chi connectivity index (χ0) is 23.5. The number of amides is 1. The summed E-state index contributed by atoms with van der Waals surface area (Å²) in [6.07, 6.45) is 0. The summed E-state index contributed by atoms with van der Waals surface area (Å²) in [5.41, 5.74) is -0.491. The lowest BCUT2D eigenvalue weighted by Gasteiger charge is -2.12. The van der Waals surface area contributed by atoms with Crippen LogP contribution in [0.3, 0.4) is 0 Å². The van der Waals surface area contributed by atoms with E-state index in [0.29, 0.717) is 17.4 Å². The van der Waals surface area contributed by atoms with Crippen molar-refractivity contribution in [3.63, 3.8) is 0 Å². The van der Waals surface area contributed by atoms with Gasteiger partial charge in [0.05, 0.1) is 23.3 Å². The van der Waals surface area contributed by atoms with Gasteiger partial charge in [0.2, 0.25) is 10.0 Å². The molecule has 3 rings (SSSR count). The summed E-state index contributed by atoms with van der Waals surface area (Å²) in [5.74, 6) is -3.64. The van der Waals surface area contributed by atoms with Crippen LogP contribution in [0.4, 0.5) is 18.9 Å². The molecule has 1 amide bonds. The Morgan fingerprint density at radius 2 is 1.75 bits per heavy atom. The molecule has 3 aromatic rings. The van der Waals surface area contributed by atoms with Crippen LogP contribution in [-0.4, -0.2) is 21.4 Å². The number of benzene rings is 3. The van der Waals surface area contributed by atoms with E-state index in [0.717, 1.165) is 24.3 Å². The van der Waals surface area contributed by atoms with E-state index in [1.165, 1.54) is 7.11 Å². The van der Waals surface area contributed by atoms with E-state index in [1.807, 2.05) is 0 Å². The molecule has 0 aliphatic carbocycles. The summed E-state index contributed by atoms with van der Waals surface area (Å²) in [7, 11) is -2.69. The van der Waals surface area contributed by atoms with Crippen LogP contribution in [0.25, 0.3) is 0 Å². The van der Waals surface area contributed by atoms with Crippen molar-refractivity contribution < 1.29 is 31.1 Å². The van der Waals surface area contributed by atoms with Crippen molar-refractivity contribution in [1.29, 1.82) is 0 Å². The Hall–Kier alpha value is -2.89. The summed E-state index contributed by atoms with van der Waals surface area (Å²) in [6, 6.07) is 10.8. The van der Waals surface area contributed by atoms with Gasteiger partial charge < -0.3 is 10.1 Å². The number of hydrogen-bond donors (Lipinski definition) is 2. The first-order valence-electron chi connectivity index (χ1n) is 8.99. The third-order valence-electron chi connectivity index (χ3n) is 4.38. The van der Waals surface area contributed by atoms with Gasteiger partial charge in [0, 0.05) is 22.6 Å². The number of anilines is 1. The van der Waals surface area contributed by atoms with E-state index in [2.05, 4.69) is 26.0 Å². The fraction of sp³-hybridized carbons (Fsp3) is 0.0952. The standard InChI is InChI=1S/C21H16BrF3N2O4S/c1-31-19-5-3-2-4-12(19)11-26-32(29,30)14-6-7-17(24)15(10-14)21(28)27-20-16(22)8-13(23)9-18(20)25/h2-10,26H,11H2,1H3,(H,27,28). The molecule has 0 fully saturated rings. The van der Waals surface area contributed by atoms with Gasteiger partial charge in [-0.25, -0.2) is 26.3 Å². The number of halogens is 4. The van der Waals surface area contributed by atoms with Gasteiger partial charge in [0.15, 0.2) is 5.82 Å². The first kappa shape index (κ1) is 23.8. The second-order valence-corrected chi connectivity index (χ2v) is 9.10. The average molecular weight is 529 g/mol. The van der Waals surface area contributed by atoms with Gasteiger partial charge in [-0.2, -0.15) is 0 Å².